The van der Waals surface area contributed by atoms with E-state index in [1.54, 1.807) is 13.0 Å². The summed E-state index contributed by atoms with van der Waals surface area (Å²) in [5.74, 6) is 0.508. The Bertz CT molecular complexity index is 584. The number of aldehydes is 1. The van der Waals surface area contributed by atoms with Gasteiger partial charge in [-0.2, -0.15) is 0 Å². The molecule has 0 aliphatic carbocycles. The van der Waals surface area contributed by atoms with Gasteiger partial charge in [0.05, 0.1) is 25.5 Å². The Kier molecular flexibility index (Phi) is 4.41. The van der Waals surface area contributed by atoms with E-state index < -0.39 is 0 Å². The number of nitrogens with zero attached hydrogens (tertiary/aromatic N) is 3. The van der Waals surface area contributed by atoms with Gasteiger partial charge in [0.2, 0.25) is 0 Å². The molecule has 0 aromatic carbocycles. The van der Waals surface area contributed by atoms with Crippen LogP contribution >= 0.6 is 0 Å². The molecule has 0 saturated carbocycles. The Morgan fingerprint density at radius 2 is 2.18 bits per heavy atom. The van der Waals surface area contributed by atoms with Crippen molar-refractivity contribution in [3.8, 4) is 0 Å². The average Bonchev–Trinajstić information content (AvgIpc) is 3.04. The Morgan fingerprint density at radius 3 is 2.86 bits per heavy atom. The van der Waals surface area contributed by atoms with E-state index in [1.165, 1.54) is 0 Å². The maximum atomic E-state index is 10.9. The van der Waals surface area contributed by atoms with E-state index in [-0.39, 0.29) is 24.9 Å². The standard InChI is InChI=1S/C14H17N3O5/c1-8-15-9(4-18)2-11(16-8)12-3-13(22-17-12)14-7-20-10(5-19)6-21-14/h2,4,10,13-14,19H,3,5-7H2,1H3. The molecule has 0 spiro atoms. The summed E-state index contributed by atoms with van der Waals surface area (Å²) in [6.07, 6.45) is 0.422. The molecule has 0 amide bonds. The van der Waals surface area contributed by atoms with E-state index in [4.69, 9.17) is 19.4 Å². The maximum Gasteiger partial charge on any atom is 0.168 e. The van der Waals surface area contributed by atoms with Crippen molar-refractivity contribution in [3.63, 3.8) is 0 Å². The number of aromatic nitrogens is 2. The highest BCUT2D eigenvalue weighted by Crippen LogP contribution is 2.22. The lowest BCUT2D eigenvalue weighted by atomic mass is 10.0. The van der Waals surface area contributed by atoms with E-state index in [1.807, 2.05) is 0 Å². The second-order valence-corrected chi connectivity index (χ2v) is 5.24. The Balaban J connectivity index is 1.65. The number of ether oxygens (including phenoxy) is 2. The van der Waals surface area contributed by atoms with Gasteiger partial charge < -0.3 is 19.4 Å². The second kappa shape index (κ2) is 6.47. The summed E-state index contributed by atoms with van der Waals surface area (Å²) in [6.45, 7) is 2.34. The molecule has 8 heteroatoms. The van der Waals surface area contributed by atoms with E-state index in [0.29, 0.717) is 48.8 Å². The molecule has 1 fully saturated rings. The molecule has 1 N–H and O–H groups in total. The van der Waals surface area contributed by atoms with Crippen LogP contribution in [0.3, 0.4) is 0 Å². The van der Waals surface area contributed by atoms with Gasteiger partial charge in [-0.25, -0.2) is 9.97 Å². The number of carbonyl (C=O) groups is 1. The molecule has 1 aromatic rings. The third-order valence-electron chi connectivity index (χ3n) is 3.58. The zero-order valence-electron chi connectivity index (χ0n) is 12.1. The minimum absolute atomic E-state index is 0.0608. The Labute approximate surface area is 127 Å². The van der Waals surface area contributed by atoms with Gasteiger partial charge in [-0.15, -0.1) is 0 Å². The van der Waals surface area contributed by atoms with Crippen LogP contribution in [0.15, 0.2) is 11.2 Å². The number of hydrogen-bond acceptors (Lipinski definition) is 8. The van der Waals surface area contributed by atoms with Gasteiger partial charge in [-0.05, 0) is 13.0 Å². The molecule has 3 heterocycles. The highest BCUT2D eigenvalue weighted by Gasteiger charge is 2.35. The van der Waals surface area contributed by atoms with Gasteiger partial charge in [0.25, 0.3) is 0 Å². The first-order valence-electron chi connectivity index (χ1n) is 7.07. The van der Waals surface area contributed by atoms with Crippen LogP contribution in [0.2, 0.25) is 0 Å². The monoisotopic (exact) mass is 307 g/mol. The minimum Gasteiger partial charge on any atom is -0.394 e. The quantitative estimate of drug-likeness (QED) is 0.773. The molecule has 3 unspecified atom stereocenters. The van der Waals surface area contributed by atoms with Crippen molar-refractivity contribution >= 4 is 12.0 Å². The molecule has 2 aliphatic rings. The van der Waals surface area contributed by atoms with Crippen molar-refractivity contribution in [1.82, 2.24) is 9.97 Å². The van der Waals surface area contributed by atoms with Crippen LogP contribution in [0, 0.1) is 6.92 Å². The number of rotatable bonds is 4. The number of aryl methyl sites for hydroxylation is 1. The summed E-state index contributed by atoms with van der Waals surface area (Å²) in [7, 11) is 0. The molecule has 118 valence electrons. The Hall–Kier alpha value is -1.90. The average molecular weight is 307 g/mol. The topological polar surface area (TPSA) is 103 Å². The first-order chi connectivity index (χ1) is 10.7. The molecular weight excluding hydrogens is 290 g/mol. The van der Waals surface area contributed by atoms with Crippen LogP contribution in [0.1, 0.15) is 28.4 Å². The van der Waals surface area contributed by atoms with Gasteiger partial charge in [-0.1, -0.05) is 5.16 Å². The molecule has 0 bridgehead atoms. The summed E-state index contributed by atoms with van der Waals surface area (Å²) in [5, 5.41) is 13.1. The van der Waals surface area contributed by atoms with Crippen molar-refractivity contribution in [2.45, 2.75) is 31.7 Å². The fourth-order valence-corrected chi connectivity index (χ4v) is 2.42. The van der Waals surface area contributed by atoms with Crippen LogP contribution in [-0.4, -0.2) is 65.2 Å². The maximum absolute atomic E-state index is 10.9. The van der Waals surface area contributed by atoms with Crippen molar-refractivity contribution in [2.75, 3.05) is 19.8 Å². The third-order valence-corrected chi connectivity index (χ3v) is 3.58. The Morgan fingerprint density at radius 1 is 1.32 bits per heavy atom. The van der Waals surface area contributed by atoms with Crippen molar-refractivity contribution in [1.29, 1.82) is 0 Å². The van der Waals surface area contributed by atoms with E-state index in [0.717, 1.165) is 0 Å². The molecular formula is C14H17N3O5. The largest absolute Gasteiger partial charge is 0.394 e. The zero-order chi connectivity index (χ0) is 15.5. The molecule has 3 atom stereocenters. The zero-order valence-corrected chi connectivity index (χ0v) is 12.1. The molecule has 1 saturated heterocycles. The number of aliphatic hydroxyl groups is 1. The summed E-state index contributed by atoms with van der Waals surface area (Å²) in [5.41, 5.74) is 1.56. The molecule has 8 nitrogen and oxygen atoms in total. The normalized spacial score (nSPS) is 28.1. The van der Waals surface area contributed by atoms with Crippen LogP contribution in [0.25, 0.3) is 0 Å². The predicted octanol–water partition coefficient (Wildman–Crippen LogP) is -0.133. The summed E-state index contributed by atoms with van der Waals surface area (Å²) >= 11 is 0. The van der Waals surface area contributed by atoms with E-state index >= 15 is 0 Å². The van der Waals surface area contributed by atoms with Gasteiger partial charge in [0, 0.05) is 6.42 Å². The predicted molar refractivity (Wildman–Crippen MR) is 74.7 cm³/mol. The van der Waals surface area contributed by atoms with E-state index in [9.17, 15) is 4.79 Å². The van der Waals surface area contributed by atoms with Crippen molar-refractivity contribution in [3.05, 3.63) is 23.3 Å². The van der Waals surface area contributed by atoms with E-state index in [2.05, 4.69) is 15.1 Å². The van der Waals surface area contributed by atoms with Gasteiger partial charge in [0.15, 0.2) is 12.4 Å². The van der Waals surface area contributed by atoms with Crippen LogP contribution in [0.4, 0.5) is 0 Å². The van der Waals surface area contributed by atoms with Crippen molar-refractivity contribution in [2.24, 2.45) is 5.16 Å². The highest BCUT2D eigenvalue weighted by atomic mass is 16.7. The second-order valence-electron chi connectivity index (χ2n) is 5.24. The molecule has 0 radical (unpaired) electrons. The fourth-order valence-electron chi connectivity index (χ4n) is 2.42. The SMILES string of the molecule is Cc1nc(C=O)cc(C2=NOC(C3COC(CO)CO3)C2)n1. The van der Waals surface area contributed by atoms with Gasteiger partial charge >= 0.3 is 0 Å². The highest BCUT2D eigenvalue weighted by molar-refractivity contribution is 6.00. The molecule has 2 aliphatic heterocycles. The minimum atomic E-state index is -0.280. The van der Waals surface area contributed by atoms with Crippen molar-refractivity contribution < 1.29 is 24.2 Å². The number of oxime groups is 1. The van der Waals surface area contributed by atoms with Crippen LogP contribution < -0.4 is 0 Å². The fraction of sp³-hybridized carbons (Fsp3) is 0.571. The number of aliphatic hydroxyl groups excluding tert-OH is 1. The summed E-state index contributed by atoms with van der Waals surface area (Å²) in [6, 6.07) is 1.59. The van der Waals surface area contributed by atoms with Gasteiger partial charge in [0.1, 0.15) is 29.4 Å². The third kappa shape index (κ3) is 3.13. The lowest BCUT2D eigenvalue weighted by Crippen LogP contribution is -2.43. The lowest BCUT2D eigenvalue weighted by Gasteiger charge is -2.30. The van der Waals surface area contributed by atoms with Crippen LogP contribution in [0.5, 0.6) is 0 Å². The summed E-state index contributed by atoms with van der Waals surface area (Å²) in [4.78, 5) is 24.6. The van der Waals surface area contributed by atoms with Gasteiger partial charge in [-0.3, -0.25) is 4.79 Å². The summed E-state index contributed by atoms with van der Waals surface area (Å²) < 4.78 is 11.1. The number of hydrogen-bond donors (Lipinski definition) is 1. The first kappa shape index (κ1) is 15.0. The molecule has 3 rings (SSSR count). The molecule has 1 aromatic heterocycles. The first-order valence-corrected chi connectivity index (χ1v) is 7.07. The smallest absolute Gasteiger partial charge is 0.168 e. The number of carbonyl (C=O) groups excluding carboxylic acids is 1. The van der Waals surface area contributed by atoms with Crippen LogP contribution in [-0.2, 0) is 14.3 Å². The lowest BCUT2D eigenvalue weighted by molar-refractivity contribution is -0.178. The molecule has 22 heavy (non-hydrogen) atoms.